The monoisotopic (exact) mass is 539 g/mol. The van der Waals surface area contributed by atoms with Crippen molar-refractivity contribution >= 4 is 49.0 Å². The number of aryl methyl sites for hydroxylation is 1. The minimum Gasteiger partial charge on any atom is -0.488 e. The summed E-state index contributed by atoms with van der Waals surface area (Å²) in [5, 5.41) is 4.99. The maximum Gasteiger partial charge on any atom is 0.282 e. The third kappa shape index (κ3) is 4.94. The van der Waals surface area contributed by atoms with Gasteiger partial charge in [-0.1, -0.05) is 63.0 Å². The zero-order valence-electron chi connectivity index (χ0n) is 16.8. The van der Waals surface area contributed by atoms with Crippen molar-refractivity contribution in [2.45, 2.75) is 20.0 Å². The third-order valence-corrected chi connectivity index (χ3v) is 5.75. The second-order valence-electron chi connectivity index (χ2n) is 6.86. The Hall–Kier alpha value is -2.77. The number of para-hydroxylation sites is 1. The van der Waals surface area contributed by atoms with Gasteiger partial charge in [0.2, 0.25) is 0 Å². The summed E-state index contributed by atoms with van der Waals surface area (Å²) in [6.45, 7) is 2.39. The summed E-state index contributed by atoms with van der Waals surface area (Å²) in [5.41, 5.74) is 2.30. The van der Waals surface area contributed by atoms with Crippen LogP contribution in [0, 0.1) is 0 Å². The molecule has 0 fully saturated rings. The Labute approximate surface area is 196 Å². The summed E-state index contributed by atoms with van der Waals surface area (Å²) in [5.74, 6) is 1.29. The van der Waals surface area contributed by atoms with E-state index < -0.39 is 0 Å². The average molecular weight is 541 g/mol. The van der Waals surface area contributed by atoms with Crippen LogP contribution in [-0.4, -0.2) is 15.9 Å². The van der Waals surface area contributed by atoms with E-state index >= 15 is 0 Å². The fourth-order valence-corrected chi connectivity index (χ4v) is 3.75. The number of aromatic nitrogens is 2. The van der Waals surface area contributed by atoms with Crippen LogP contribution < -0.4 is 10.3 Å². The van der Waals surface area contributed by atoms with Crippen molar-refractivity contribution in [1.29, 1.82) is 0 Å². The lowest BCUT2D eigenvalue weighted by molar-refractivity contribution is 0.306. The quantitative estimate of drug-likeness (QED) is 0.284. The van der Waals surface area contributed by atoms with Crippen LogP contribution in [0.15, 0.2) is 85.6 Å². The Bertz CT molecular complexity index is 1310. The van der Waals surface area contributed by atoms with Crippen molar-refractivity contribution in [3.8, 4) is 5.75 Å². The zero-order chi connectivity index (χ0) is 21.8. The van der Waals surface area contributed by atoms with Gasteiger partial charge < -0.3 is 4.74 Å². The number of fused-ring (bicyclic) bond motifs is 1. The molecule has 0 unspecified atom stereocenters. The van der Waals surface area contributed by atoms with Gasteiger partial charge in [-0.3, -0.25) is 4.79 Å². The largest absolute Gasteiger partial charge is 0.488 e. The smallest absolute Gasteiger partial charge is 0.282 e. The van der Waals surface area contributed by atoms with E-state index in [1.165, 1.54) is 4.68 Å². The van der Waals surface area contributed by atoms with Gasteiger partial charge in [0.1, 0.15) is 18.2 Å². The standard InChI is InChI=1S/C24H19Br2N3O2/c1-2-23-28-21-12-11-19(26)13-20(21)24(30)29(23)27-14-17-5-3-4-6-22(17)31-15-16-7-9-18(25)10-8-16/h3-14H,2,15H2,1H3. The molecule has 0 atom stereocenters. The van der Waals surface area contributed by atoms with E-state index in [1.54, 1.807) is 12.3 Å². The molecule has 5 nitrogen and oxygen atoms in total. The Morgan fingerprint density at radius 1 is 1.03 bits per heavy atom. The molecule has 1 aromatic heterocycles. The minimum absolute atomic E-state index is 0.201. The van der Waals surface area contributed by atoms with Crippen molar-refractivity contribution < 1.29 is 4.74 Å². The van der Waals surface area contributed by atoms with Crippen LogP contribution >= 0.6 is 31.9 Å². The molecule has 0 aliphatic rings. The van der Waals surface area contributed by atoms with E-state index in [0.717, 1.165) is 20.1 Å². The molecular weight excluding hydrogens is 522 g/mol. The molecule has 0 saturated carbocycles. The van der Waals surface area contributed by atoms with Crippen LogP contribution in [0.5, 0.6) is 5.75 Å². The molecule has 1 heterocycles. The third-order valence-electron chi connectivity index (χ3n) is 4.73. The molecule has 4 aromatic rings. The number of halogens is 2. The second kappa shape index (κ2) is 9.58. The van der Waals surface area contributed by atoms with Gasteiger partial charge in [0.25, 0.3) is 5.56 Å². The van der Waals surface area contributed by atoms with Crippen molar-refractivity contribution in [2.24, 2.45) is 5.10 Å². The normalized spacial score (nSPS) is 11.3. The molecule has 7 heteroatoms. The van der Waals surface area contributed by atoms with Gasteiger partial charge in [0, 0.05) is 20.9 Å². The van der Waals surface area contributed by atoms with E-state index in [9.17, 15) is 4.79 Å². The highest BCUT2D eigenvalue weighted by molar-refractivity contribution is 9.10. The number of hydrogen-bond acceptors (Lipinski definition) is 4. The fourth-order valence-electron chi connectivity index (χ4n) is 3.12. The Kier molecular flexibility index (Phi) is 6.63. The maximum atomic E-state index is 13.1. The van der Waals surface area contributed by atoms with Crippen LogP contribution in [0.4, 0.5) is 0 Å². The predicted molar refractivity (Wildman–Crippen MR) is 131 cm³/mol. The second-order valence-corrected chi connectivity index (χ2v) is 8.69. The van der Waals surface area contributed by atoms with Gasteiger partial charge in [-0.15, -0.1) is 0 Å². The molecule has 0 bridgehead atoms. The number of rotatable bonds is 6. The summed E-state index contributed by atoms with van der Waals surface area (Å²) in [4.78, 5) is 17.7. The molecule has 0 spiro atoms. The first-order valence-electron chi connectivity index (χ1n) is 9.77. The molecule has 0 aliphatic heterocycles. The maximum absolute atomic E-state index is 13.1. The first-order valence-corrected chi connectivity index (χ1v) is 11.4. The van der Waals surface area contributed by atoms with E-state index in [-0.39, 0.29) is 5.56 Å². The van der Waals surface area contributed by atoms with Crippen LogP contribution in [-0.2, 0) is 13.0 Å². The number of nitrogens with zero attached hydrogens (tertiary/aromatic N) is 3. The number of hydrogen-bond donors (Lipinski definition) is 0. The molecule has 3 aromatic carbocycles. The minimum atomic E-state index is -0.201. The summed E-state index contributed by atoms with van der Waals surface area (Å²) >= 11 is 6.86. The van der Waals surface area contributed by atoms with Gasteiger partial charge in [-0.2, -0.15) is 9.78 Å². The lowest BCUT2D eigenvalue weighted by atomic mass is 10.2. The van der Waals surface area contributed by atoms with Gasteiger partial charge in [0.15, 0.2) is 0 Å². The molecule has 0 saturated heterocycles. The zero-order valence-corrected chi connectivity index (χ0v) is 19.9. The van der Waals surface area contributed by atoms with Crippen molar-refractivity contribution in [1.82, 2.24) is 9.66 Å². The molecule has 0 radical (unpaired) electrons. The van der Waals surface area contributed by atoms with Crippen molar-refractivity contribution in [3.05, 3.63) is 103 Å². The fraction of sp³-hybridized carbons (Fsp3) is 0.125. The summed E-state index contributed by atoms with van der Waals surface area (Å²) in [6, 6.07) is 21.1. The summed E-state index contributed by atoms with van der Waals surface area (Å²) in [7, 11) is 0. The van der Waals surface area contributed by atoms with E-state index in [0.29, 0.717) is 35.5 Å². The summed E-state index contributed by atoms with van der Waals surface area (Å²) in [6.07, 6.45) is 2.23. The van der Waals surface area contributed by atoms with Crippen LogP contribution in [0.2, 0.25) is 0 Å². The number of ether oxygens (including phenoxy) is 1. The van der Waals surface area contributed by atoms with Crippen LogP contribution in [0.25, 0.3) is 10.9 Å². The van der Waals surface area contributed by atoms with Crippen LogP contribution in [0.1, 0.15) is 23.9 Å². The van der Waals surface area contributed by atoms with Gasteiger partial charge in [-0.05, 0) is 48.0 Å². The van der Waals surface area contributed by atoms with Gasteiger partial charge in [0.05, 0.1) is 17.1 Å². The lowest BCUT2D eigenvalue weighted by Crippen LogP contribution is -2.22. The molecule has 0 aliphatic carbocycles. The number of benzene rings is 3. The van der Waals surface area contributed by atoms with E-state index in [1.807, 2.05) is 67.6 Å². The lowest BCUT2D eigenvalue weighted by Gasteiger charge is -2.10. The van der Waals surface area contributed by atoms with Gasteiger partial charge in [-0.25, -0.2) is 4.98 Å². The Morgan fingerprint density at radius 2 is 1.77 bits per heavy atom. The van der Waals surface area contributed by atoms with Gasteiger partial charge >= 0.3 is 0 Å². The van der Waals surface area contributed by atoms with E-state index in [2.05, 4.69) is 41.9 Å². The molecular formula is C24H19Br2N3O2. The molecule has 31 heavy (non-hydrogen) atoms. The average Bonchev–Trinajstić information content (AvgIpc) is 2.79. The SMILES string of the molecule is CCc1nc2ccc(Br)cc2c(=O)n1N=Cc1ccccc1OCc1ccc(Br)cc1. The Balaban J connectivity index is 1.66. The highest BCUT2D eigenvalue weighted by Crippen LogP contribution is 2.19. The Morgan fingerprint density at radius 3 is 2.55 bits per heavy atom. The van der Waals surface area contributed by atoms with Crippen molar-refractivity contribution in [2.75, 3.05) is 0 Å². The molecule has 156 valence electrons. The first-order chi connectivity index (χ1) is 15.0. The summed E-state index contributed by atoms with van der Waals surface area (Å²) < 4.78 is 9.22. The molecule has 0 amide bonds. The van der Waals surface area contributed by atoms with E-state index in [4.69, 9.17) is 4.74 Å². The van der Waals surface area contributed by atoms with Crippen molar-refractivity contribution in [3.63, 3.8) is 0 Å². The topological polar surface area (TPSA) is 56.5 Å². The highest BCUT2D eigenvalue weighted by atomic mass is 79.9. The molecule has 0 N–H and O–H groups in total. The van der Waals surface area contributed by atoms with Crippen LogP contribution in [0.3, 0.4) is 0 Å². The highest BCUT2D eigenvalue weighted by Gasteiger charge is 2.10. The molecule has 4 rings (SSSR count). The predicted octanol–water partition coefficient (Wildman–Crippen LogP) is 5.95. The first kappa shape index (κ1) is 21.5.